The summed E-state index contributed by atoms with van der Waals surface area (Å²) >= 11 is 5.90. The summed E-state index contributed by atoms with van der Waals surface area (Å²) in [6, 6.07) is 12.4. The first-order valence-electron chi connectivity index (χ1n) is 5.41. The van der Waals surface area contributed by atoms with Crippen LogP contribution in [0.15, 0.2) is 36.4 Å². The normalized spacial score (nSPS) is 9.74. The molecule has 0 bridgehead atoms. The number of methoxy groups -OCH3 is 1. The number of aromatic nitrogens is 1. The van der Waals surface area contributed by atoms with Crippen LogP contribution in [0.5, 0.6) is 0 Å². The van der Waals surface area contributed by atoms with Gasteiger partial charge in [-0.25, -0.2) is 9.78 Å². The number of hydrogen-bond acceptors (Lipinski definition) is 4. The van der Waals surface area contributed by atoms with Gasteiger partial charge in [0.05, 0.1) is 23.4 Å². The van der Waals surface area contributed by atoms with Crippen LogP contribution in [0.3, 0.4) is 0 Å². The van der Waals surface area contributed by atoms with E-state index in [1.54, 1.807) is 12.1 Å². The predicted octanol–water partition coefficient (Wildman–Crippen LogP) is 3.06. The van der Waals surface area contributed by atoms with Crippen LogP contribution in [0.2, 0.25) is 5.02 Å². The van der Waals surface area contributed by atoms with Gasteiger partial charge in [0, 0.05) is 5.56 Å². The fourth-order valence-corrected chi connectivity index (χ4v) is 1.84. The number of rotatable bonds is 2. The van der Waals surface area contributed by atoms with Gasteiger partial charge in [0.2, 0.25) is 0 Å². The third kappa shape index (κ3) is 2.56. The van der Waals surface area contributed by atoms with E-state index in [1.807, 2.05) is 24.3 Å². The van der Waals surface area contributed by atoms with Crippen molar-refractivity contribution >= 4 is 17.6 Å². The molecule has 1 heterocycles. The highest BCUT2D eigenvalue weighted by Gasteiger charge is 2.18. The molecule has 1 aromatic carbocycles. The van der Waals surface area contributed by atoms with E-state index in [-0.39, 0.29) is 16.3 Å². The van der Waals surface area contributed by atoms with Gasteiger partial charge in [-0.05, 0) is 6.07 Å². The SMILES string of the molecule is COC(=O)c1cc(Cl)c(C#N)nc1-c1ccccc1. The maximum absolute atomic E-state index is 11.8. The highest BCUT2D eigenvalue weighted by Crippen LogP contribution is 2.26. The number of halogens is 1. The topological polar surface area (TPSA) is 63.0 Å². The van der Waals surface area contributed by atoms with Gasteiger partial charge in [0.25, 0.3) is 0 Å². The molecule has 2 aromatic rings. The average Bonchev–Trinajstić information content (AvgIpc) is 2.47. The summed E-state index contributed by atoms with van der Waals surface area (Å²) in [5, 5.41) is 9.09. The molecule has 19 heavy (non-hydrogen) atoms. The van der Waals surface area contributed by atoms with E-state index in [9.17, 15) is 4.79 Å². The molecule has 0 saturated carbocycles. The zero-order valence-corrected chi connectivity index (χ0v) is 10.8. The molecule has 0 saturated heterocycles. The fourth-order valence-electron chi connectivity index (χ4n) is 1.65. The molecule has 0 aliphatic heterocycles. The summed E-state index contributed by atoms with van der Waals surface area (Å²) in [5.74, 6) is -0.544. The minimum absolute atomic E-state index is 0.0770. The summed E-state index contributed by atoms with van der Waals surface area (Å²) in [5.41, 5.74) is 1.41. The van der Waals surface area contributed by atoms with Gasteiger partial charge in [-0.2, -0.15) is 5.26 Å². The van der Waals surface area contributed by atoms with E-state index in [0.717, 1.165) is 5.56 Å². The molecular weight excluding hydrogens is 264 g/mol. The summed E-state index contributed by atoms with van der Waals surface area (Å²) < 4.78 is 4.71. The molecule has 5 heteroatoms. The van der Waals surface area contributed by atoms with Crippen LogP contribution in [0, 0.1) is 11.3 Å². The highest BCUT2D eigenvalue weighted by molar-refractivity contribution is 6.32. The van der Waals surface area contributed by atoms with Crippen LogP contribution in [0.4, 0.5) is 0 Å². The Morgan fingerprint density at radius 1 is 1.37 bits per heavy atom. The summed E-state index contributed by atoms with van der Waals surface area (Å²) in [6.45, 7) is 0. The number of carbonyl (C=O) groups is 1. The van der Waals surface area contributed by atoms with E-state index >= 15 is 0 Å². The zero-order valence-electron chi connectivity index (χ0n) is 10.1. The monoisotopic (exact) mass is 272 g/mol. The molecule has 1 aromatic heterocycles. The van der Waals surface area contributed by atoms with Crippen molar-refractivity contribution in [1.29, 1.82) is 5.26 Å². The summed E-state index contributed by atoms with van der Waals surface area (Å²) in [4.78, 5) is 15.9. The third-order valence-electron chi connectivity index (χ3n) is 2.53. The van der Waals surface area contributed by atoms with E-state index in [2.05, 4.69) is 4.98 Å². The number of benzene rings is 1. The van der Waals surface area contributed by atoms with Gasteiger partial charge in [-0.3, -0.25) is 0 Å². The minimum atomic E-state index is -0.544. The van der Waals surface area contributed by atoms with Crippen molar-refractivity contribution in [3.63, 3.8) is 0 Å². The standard InChI is InChI=1S/C14H9ClN2O2/c1-19-14(18)10-7-11(15)12(8-16)17-13(10)9-5-3-2-4-6-9/h2-7H,1H3. The van der Waals surface area contributed by atoms with Crippen LogP contribution < -0.4 is 0 Å². The van der Waals surface area contributed by atoms with Gasteiger partial charge in [-0.1, -0.05) is 41.9 Å². The van der Waals surface area contributed by atoms with Gasteiger partial charge < -0.3 is 4.74 Å². The second kappa shape index (κ2) is 5.51. The Hall–Kier alpha value is -2.38. The fraction of sp³-hybridized carbons (Fsp3) is 0.0714. The second-order valence-electron chi connectivity index (χ2n) is 3.68. The van der Waals surface area contributed by atoms with E-state index in [4.69, 9.17) is 21.6 Å². The van der Waals surface area contributed by atoms with E-state index < -0.39 is 5.97 Å². The molecule has 0 aliphatic rings. The first kappa shape index (κ1) is 13.1. The molecule has 0 unspecified atom stereocenters. The van der Waals surface area contributed by atoms with Gasteiger partial charge >= 0.3 is 5.97 Å². The lowest BCUT2D eigenvalue weighted by Gasteiger charge is -2.08. The molecule has 0 atom stereocenters. The van der Waals surface area contributed by atoms with Crippen molar-refractivity contribution < 1.29 is 9.53 Å². The first-order valence-corrected chi connectivity index (χ1v) is 5.79. The maximum atomic E-state index is 11.8. The Morgan fingerprint density at radius 2 is 2.05 bits per heavy atom. The highest BCUT2D eigenvalue weighted by atomic mass is 35.5. The number of esters is 1. The Bertz CT molecular complexity index is 663. The van der Waals surface area contributed by atoms with Crippen molar-refractivity contribution in [3.8, 4) is 17.3 Å². The van der Waals surface area contributed by atoms with Crippen molar-refractivity contribution in [1.82, 2.24) is 4.98 Å². The first-order chi connectivity index (χ1) is 9.17. The van der Waals surface area contributed by atoms with E-state index in [1.165, 1.54) is 13.2 Å². The van der Waals surface area contributed by atoms with Crippen LogP contribution >= 0.6 is 11.6 Å². The van der Waals surface area contributed by atoms with Crippen LogP contribution in [-0.2, 0) is 4.74 Å². The van der Waals surface area contributed by atoms with Crippen molar-refractivity contribution in [2.45, 2.75) is 0 Å². The Labute approximate surface area is 115 Å². The van der Waals surface area contributed by atoms with Gasteiger partial charge in [-0.15, -0.1) is 0 Å². The molecule has 0 N–H and O–H groups in total. The third-order valence-corrected chi connectivity index (χ3v) is 2.82. The largest absolute Gasteiger partial charge is 0.465 e. The molecule has 4 nitrogen and oxygen atoms in total. The summed E-state index contributed by atoms with van der Waals surface area (Å²) in [7, 11) is 1.28. The Balaban J connectivity index is 2.70. The Kier molecular flexibility index (Phi) is 3.79. The molecule has 0 spiro atoms. The van der Waals surface area contributed by atoms with Crippen LogP contribution in [-0.4, -0.2) is 18.1 Å². The average molecular weight is 273 g/mol. The van der Waals surface area contributed by atoms with Crippen molar-refractivity contribution in [2.75, 3.05) is 7.11 Å². The smallest absolute Gasteiger partial charge is 0.340 e. The van der Waals surface area contributed by atoms with E-state index in [0.29, 0.717) is 5.69 Å². The lowest BCUT2D eigenvalue weighted by Crippen LogP contribution is -2.06. The lowest BCUT2D eigenvalue weighted by atomic mass is 10.1. The second-order valence-corrected chi connectivity index (χ2v) is 4.09. The molecule has 94 valence electrons. The molecule has 0 amide bonds. The molecular formula is C14H9ClN2O2. The van der Waals surface area contributed by atoms with Gasteiger partial charge in [0.1, 0.15) is 6.07 Å². The molecule has 0 aliphatic carbocycles. The molecule has 2 rings (SSSR count). The minimum Gasteiger partial charge on any atom is -0.465 e. The van der Waals surface area contributed by atoms with Gasteiger partial charge in [0.15, 0.2) is 5.69 Å². The number of hydrogen-bond donors (Lipinski definition) is 0. The number of carbonyl (C=O) groups excluding carboxylic acids is 1. The quantitative estimate of drug-likeness (QED) is 0.788. The summed E-state index contributed by atoms with van der Waals surface area (Å²) in [6.07, 6.45) is 0. The van der Waals surface area contributed by atoms with Crippen LogP contribution in [0.1, 0.15) is 16.1 Å². The molecule has 0 fully saturated rings. The van der Waals surface area contributed by atoms with Crippen LogP contribution in [0.25, 0.3) is 11.3 Å². The predicted molar refractivity (Wildman–Crippen MR) is 70.7 cm³/mol. The Morgan fingerprint density at radius 3 is 2.63 bits per heavy atom. The zero-order chi connectivity index (χ0) is 13.8. The number of ether oxygens (including phenoxy) is 1. The maximum Gasteiger partial charge on any atom is 0.340 e. The van der Waals surface area contributed by atoms with Crippen molar-refractivity contribution in [2.24, 2.45) is 0 Å². The number of nitrogens with zero attached hydrogens (tertiary/aromatic N) is 2. The molecule has 0 radical (unpaired) electrons. The van der Waals surface area contributed by atoms with Crippen molar-refractivity contribution in [3.05, 3.63) is 52.7 Å². The lowest BCUT2D eigenvalue weighted by molar-refractivity contribution is 0.0601. The number of pyridine rings is 1. The number of nitriles is 1.